The van der Waals surface area contributed by atoms with Crippen LogP contribution in [0.15, 0.2) is 60.9 Å². The van der Waals surface area contributed by atoms with Gasteiger partial charge in [-0.25, -0.2) is 4.98 Å². The number of aromatic nitrogens is 2. The minimum absolute atomic E-state index is 0.0436. The van der Waals surface area contributed by atoms with Crippen molar-refractivity contribution in [1.29, 1.82) is 0 Å². The largest absolute Gasteiger partial charge is 0.496 e. The second kappa shape index (κ2) is 7.89. The molecule has 1 amide bonds. The number of amides is 1. The fraction of sp³-hybridized carbons (Fsp3) is 0.304. The van der Waals surface area contributed by atoms with Crippen molar-refractivity contribution in [2.45, 2.75) is 32.2 Å². The zero-order valence-electron chi connectivity index (χ0n) is 17.1. The Labute approximate surface area is 166 Å². The molecule has 1 unspecified atom stereocenters. The van der Waals surface area contributed by atoms with E-state index in [1.807, 2.05) is 66.3 Å². The van der Waals surface area contributed by atoms with Crippen LogP contribution in [0.2, 0.25) is 0 Å². The van der Waals surface area contributed by atoms with Gasteiger partial charge >= 0.3 is 0 Å². The third kappa shape index (κ3) is 4.09. The number of ether oxygens (including phenoxy) is 1. The molecular formula is C23H27N3O2. The SMILES string of the molecule is COc1ccccc1C(NC(=O)c1ccc(C(C)(C)C)cc1)c1nccn1C. The lowest BCUT2D eigenvalue weighted by molar-refractivity contribution is 0.0940. The topological polar surface area (TPSA) is 56.1 Å². The lowest BCUT2D eigenvalue weighted by atomic mass is 9.86. The summed E-state index contributed by atoms with van der Waals surface area (Å²) in [5.41, 5.74) is 2.71. The van der Waals surface area contributed by atoms with Crippen molar-refractivity contribution in [3.63, 3.8) is 0 Å². The predicted molar refractivity (Wildman–Crippen MR) is 111 cm³/mol. The highest BCUT2D eigenvalue weighted by Crippen LogP contribution is 2.29. The molecule has 1 atom stereocenters. The lowest BCUT2D eigenvalue weighted by Crippen LogP contribution is -2.31. The molecule has 1 heterocycles. The monoisotopic (exact) mass is 377 g/mol. The van der Waals surface area contributed by atoms with Gasteiger partial charge < -0.3 is 14.6 Å². The second-order valence-corrected chi connectivity index (χ2v) is 7.87. The van der Waals surface area contributed by atoms with E-state index in [0.29, 0.717) is 11.3 Å². The van der Waals surface area contributed by atoms with Crippen LogP contribution < -0.4 is 10.1 Å². The molecule has 0 saturated carbocycles. The van der Waals surface area contributed by atoms with E-state index in [1.54, 1.807) is 13.3 Å². The first-order valence-electron chi connectivity index (χ1n) is 9.33. The van der Waals surface area contributed by atoms with Gasteiger partial charge in [-0.15, -0.1) is 0 Å². The van der Waals surface area contributed by atoms with Gasteiger partial charge in [0, 0.05) is 30.6 Å². The summed E-state index contributed by atoms with van der Waals surface area (Å²) >= 11 is 0. The molecule has 28 heavy (non-hydrogen) atoms. The Hall–Kier alpha value is -3.08. The van der Waals surface area contributed by atoms with Crippen LogP contribution >= 0.6 is 0 Å². The first-order valence-corrected chi connectivity index (χ1v) is 9.33. The van der Waals surface area contributed by atoms with Gasteiger partial charge in [-0.1, -0.05) is 51.1 Å². The van der Waals surface area contributed by atoms with Crippen molar-refractivity contribution >= 4 is 5.91 Å². The number of hydrogen-bond donors (Lipinski definition) is 1. The normalized spacial score (nSPS) is 12.5. The highest BCUT2D eigenvalue weighted by Gasteiger charge is 2.24. The summed E-state index contributed by atoms with van der Waals surface area (Å²) in [6.45, 7) is 6.46. The third-order valence-electron chi connectivity index (χ3n) is 4.86. The summed E-state index contributed by atoms with van der Waals surface area (Å²) in [6.07, 6.45) is 3.59. The van der Waals surface area contributed by atoms with E-state index in [4.69, 9.17) is 4.74 Å². The summed E-state index contributed by atoms with van der Waals surface area (Å²) in [5.74, 6) is 1.29. The van der Waals surface area contributed by atoms with Crippen molar-refractivity contribution in [1.82, 2.24) is 14.9 Å². The Balaban J connectivity index is 1.94. The van der Waals surface area contributed by atoms with E-state index < -0.39 is 6.04 Å². The number of imidazole rings is 1. The molecule has 0 radical (unpaired) electrons. The van der Waals surface area contributed by atoms with Crippen molar-refractivity contribution in [3.05, 3.63) is 83.4 Å². The van der Waals surface area contributed by atoms with Crippen LogP contribution in [0.25, 0.3) is 0 Å². The first kappa shape index (κ1) is 19.7. The van der Waals surface area contributed by atoms with Crippen LogP contribution in [0.5, 0.6) is 5.75 Å². The van der Waals surface area contributed by atoms with Crippen LogP contribution in [0, 0.1) is 0 Å². The van der Waals surface area contributed by atoms with Crippen LogP contribution in [-0.4, -0.2) is 22.6 Å². The Morgan fingerprint density at radius 2 is 1.79 bits per heavy atom. The average Bonchev–Trinajstić information content (AvgIpc) is 3.11. The van der Waals surface area contributed by atoms with Gasteiger partial charge in [0.1, 0.15) is 17.6 Å². The number of para-hydroxylation sites is 1. The summed E-state index contributed by atoms with van der Waals surface area (Å²) in [5, 5.41) is 3.12. The van der Waals surface area contributed by atoms with Crippen molar-refractivity contribution < 1.29 is 9.53 Å². The quantitative estimate of drug-likeness (QED) is 0.723. The minimum atomic E-state index is -0.425. The molecule has 0 aliphatic rings. The Kier molecular flexibility index (Phi) is 5.54. The maximum atomic E-state index is 13.0. The molecule has 0 saturated heterocycles. The maximum Gasteiger partial charge on any atom is 0.252 e. The standard InChI is InChI=1S/C23H27N3O2/c1-23(2,3)17-12-10-16(11-13-17)22(27)25-20(21-24-14-15-26(21)4)18-8-6-7-9-19(18)28-5/h6-15,20H,1-5H3,(H,25,27). The van der Waals surface area contributed by atoms with Crippen LogP contribution in [-0.2, 0) is 12.5 Å². The maximum absolute atomic E-state index is 13.0. The molecule has 0 bridgehead atoms. The minimum Gasteiger partial charge on any atom is -0.496 e. The molecule has 0 fully saturated rings. The van der Waals surface area contributed by atoms with E-state index in [-0.39, 0.29) is 11.3 Å². The molecule has 0 aliphatic carbocycles. The summed E-state index contributed by atoms with van der Waals surface area (Å²) in [7, 11) is 3.54. The zero-order chi connectivity index (χ0) is 20.3. The molecule has 5 nitrogen and oxygen atoms in total. The fourth-order valence-electron chi connectivity index (χ4n) is 3.18. The van der Waals surface area contributed by atoms with Gasteiger partial charge in [-0.3, -0.25) is 4.79 Å². The number of methoxy groups -OCH3 is 1. The highest BCUT2D eigenvalue weighted by molar-refractivity contribution is 5.94. The fourth-order valence-corrected chi connectivity index (χ4v) is 3.18. The predicted octanol–water partition coefficient (Wildman–Crippen LogP) is 4.25. The van der Waals surface area contributed by atoms with Gasteiger partial charge in [-0.2, -0.15) is 0 Å². The van der Waals surface area contributed by atoms with Crippen LogP contribution in [0.4, 0.5) is 0 Å². The van der Waals surface area contributed by atoms with Gasteiger partial charge in [0.05, 0.1) is 7.11 Å². The van der Waals surface area contributed by atoms with E-state index in [1.165, 1.54) is 5.56 Å². The summed E-state index contributed by atoms with van der Waals surface area (Å²) < 4.78 is 7.42. The number of carbonyl (C=O) groups excluding carboxylic acids is 1. The number of aryl methyl sites for hydroxylation is 1. The molecule has 1 aromatic heterocycles. The number of rotatable bonds is 5. The molecule has 0 spiro atoms. The second-order valence-electron chi connectivity index (χ2n) is 7.87. The molecule has 0 aliphatic heterocycles. The number of nitrogens with one attached hydrogen (secondary N) is 1. The number of hydrogen-bond acceptors (Lipinski definition) is 3. The Morgan fingerprint density at radius 1 is 1.11 bits per heavy atom. The zero-order valence-corrected chi connectivity index (χ0v) is 17.1. The molecule has 2 aromatic carbocycles. The highest BCUT2D eigenvalue weighted by atomic mass is 16.5. The van der Waals surface area contributed by atoms with Crippen molar-refractivity contribution in [2.24, 2.45) is 7.05 Å². The molecule has 146 valence electrons. The molecule has 3 aromatic rings. The molecule has 1 N–H and O–H groups in total. The van der Waals surface area contributed by atoms with E-state index in [2.05, 4.69) is 31.1 Å². The number of benzene rings is 2. The van der Waals surface area contributed by atoms with Crippen molar-refractivity contribution in [2.75, 3.05) is 7.11 Å². The smallest absolute Gasteiger partial charge is 0.252 e. The Morgan fingerprint density at radius 3 is 2.36 bits per heavy atom. The van der Waals surface area contributed by atoms with E-state index in [9.17, 15) is 4.79 Å². The molecular weight excluding hydrogens is 350 g/mol. The van der Waals surface area contributed by atoms with Crippen molar-refractivity contribution in [3.8, 4) is 5.75 Å². The van der Waals surface area contributed by atoms with E-state index >= 15 is 0 Å². The van der Waals surface area contributed by atoms with Gasteiger partial charge in [0.2, 0.25) is 0 Å². The summed E-state index contributed by atoms with van der Waals surface area (Å²) in [6, 6.07) is 15.0. The van der Waals surface area contributed by atoms with Crippen LogP contribution in [0.1, 0.15) is 54.1 Å². The van der Waals surface area contributed by atoms with Gasteiger partial charge in [0.15, 0.2) is 0 Å². The lowest BCUT2D eigenvalue weighted by Gasteiger charge is -2.22. The Bertz CT molecular complexity index is 952. The number of nitrogens with zero attached hydrogens (tertiary/aromatic N) is 2. The third-order valence-corrected chi connectivity index (χ3v) is 4.86. The molecule has 3 rings (SSSR count). The number of carbonyl (C=O) groups is 1. The van der Waals surface area contributed by atoms with Gasteiger partial charge in [-0.05, 0) is 29.2 Å². The van der Waals surface area contributed by atoms with Crippen LogP contribution in [0.3, 0.4) is 0 Å². The molecule has 5 heteroatoms. The summed E-state index contributed by atoms with van der Waals surface area (Å²) in [4.78, 5) is 17.5. The van der Waals surface area contributed by atoms with Gasteiger partial charge in [0.25, 0.3) is 5.91 Å². The average molecular weight is 377 g/mol. The first-order chi connectivity index (χ1) is 13.3. The van der Waals surface area contributed by atoms with E-state index in [0.717, 1.165) is 11.4 Å².